The molecular formula is C32H35NO9. The van der Waals surface area contributed by atoms with Gasteiger partial charge < -0.3 is 33.7 Å². The Balaban J connectivity index is 1.69. The molecule has 42 heavy (non-hydrogen) atoms. The molecule has 4 rings (SSSR count). The van der Waals surface area contributed by atoms with Gasteiger partial charge in [-0.15, -0.1) is 0 Å². The molecule has 3 aromatic carbocycles. The topological polar surface area (TPSA) is 119 Å². The van der Waals surface area contributed by atoms with Crippen molar-refractivity contribution in [1.29, 1.82) is 0 Å². The second-order valence-corrected chi connectivity index (χ2v) is 9.64. The van der Waals surface area contributed by atoms with Crippen molar-refractivity contribution in [2.45, 2.75) is 43.2 Å². The number of methoxy groups -OCH3 is 3. The summed E-state index contributed by atoms with van der Waals surface area (Å²) in [4.78, 5) is 40.2. The number of hydrogen-bond acceptors (Lipinski definition) is 9. The maximum atomic E-state index is 13.7. The lowest BCUT2D eigenvalue weighted by Crippen LogP contribution is -2.54. The average Bonchev–Trinajstić information content (AvgIpc) is 3.39. The van der Waals surface area contributed by atoms with E-state index in [-0.39, 0.29) is 13.2 Å². The minimum atomic E-state index is -1.38. The summed E-state index contributed by atoms with van der Waals surface area (Å²) in [7, 11) is 4.44. The van der Waals surface area contributed by atoms with E-state index in [9.17, 15) is 14.4 Å². The van der Waals surface area contributed by atoms with Crippen LogP contribution in [-0.4, -0.2) is 82.3 Å². The summed E-state index contributed by atoms with van der Waals surface area (Å²) in [5.74, 6) is -1.96. The summed E-state index contributed by atoms with van der Waals surface area (Å²) in [6, 6.07) is 24.6. The number of amides is 1. The Kier molecular flexibility index (Phi) is 11.2. The highest BCUT2D eigenvalue weighted by Crippen LogP contribution is 2.33. The van der Waals surface area contributed by atoms with E-state index in [2.05, 4.69) is 5.32 Å². The highest BCUT2D eigenvalue weighted by atomic mass is 16.6. The molecule has 0 saturated carbocycles. The molecule has 3 aromatic rings. The summed E-state index contributed by atoms with van der Waals surface area (Å²) in [5.41, 5.74) is 1.38. The Morgan fingerprint density at radius 2 is 1.38 bits per heavy atom. The molecule has 0 spiro atoms. The van der Waals surface area contributed by atoms with Gasteiger partial charge in [0.15, 0.2) is 12.1 Å². The van der Waals surface area contributed by atoms with Crippen LogP contribution in [0.3, 0.4) is 0 Å². The van der Waals surface area contributed by atoms with Gasteiger partial charge in [-0.05, 0) is 29.8 Å². The first kappa shape index (κ1) is 30.9. The van der Waals surface area contributed by atoms with E-state index in [0.717, 1.165) is 5.56 Å². The molecule has 1 amide bonds. The lowest BCUT2D eigenvalue weighted by Gasteiger charge is -2.28. The van der Waals surface area contributed by atoms with E-state index in [1.807, 2.05) is 30.3 Å². The van der Waals surface area contributed by atoms with Crippen LogP contribution in [0, 0.1) is 0 Å². The first-order valence-electron chi connectivity index (χ1n) is 13.5. The Morgan fingerprint density at radius 3 is 1.95 bits per heavy atom. The Bertz CT molecular complexity index is 1290. The van der Waals surface area contributed by atoms with Crippen LogP contribution in [0.2, 0.25) is 0 Å². The highest BCUT2D eigenvalue weighted by Gasteiger charge is 2.55. The van der Waals surface area contributed by atoms with Crippen LogP contribution in [0.4, 0.5) is 0 Å². The fraction of sp³-hybridized carbons (Fsp3) is 0.344. The Labute approximate surface area is 244 Å². The number of carbonyl (C=O) groups is 3. The van der Waals surface area contributed by atoms with Gasteiger partial charge in [0.25, 0.3) is 5.91 Å². The molecule has 10 heteroatoms. The number of benzene rings is 3. The quantitative estimate of drug-likeness (QED) is 0.306. The first-order chi connectivity index (χ1) is 20.5. The summed E-state index contributed by atoms with van der Waals surface area (Å²) in [6.07, 6.45) is -4.67. The van der Waals surface area contributed by atoms with Gasteiger partial charge in [0.1, 0.15) is 31.0 Å². The molecule has 0 aliphatic carbocycles. The highest BCUT2D eigenvalue weighted by molar-refractivity contribution is 5.97. The zero-order valence-corrected chi connectivity index (χ0v) is 23.7. The monoisotopic (exact) mass is 577 g/mol. The average molecular weight is 578 g/mol. The molecule has 0 unspecified atom stereocenters. The fourth-order valence-electron chi connectivity index (χ4n) is 4.81. The van der Waals surface area contributed by atoms with Crippen LogP contribution in [0.25, 0.3) is 0 Å². The van der Waals surface area contributed by atoms with Gasteiger partial charge in [-0.25, -0.2) is 9.59 Å². The SMILES string of the molecule is COC[C@H](OC)[C@H]1O[C@H]([C@@H](NC(=O)c2ccccc2)C(=O)OCc2ccccc2)[C@H](OC(=O)c2ccccc2)[C@H]1OC. The summed E-state index contributed by atoms with van der Waals surface area (Å²) >= 11 is 0. The molecule has 6 atom stereocenters. The van der Waals surface area contributed by atoms with Crippen LogP contribution >= 0.6 is 0 Å². The predicted molar refractivity (Wildman–Crippen MR) is 152 cm³/mol. The van der Waals surface area contributed by atoms with Gasteiger partial charge in [0, 0.05) is 26.9 Å². The molecule has 1 heterocycles. The molecule has 0 bridgehead atoms. The molecule has 0 aromatic heterocycles. The van der Waals surface area contributed by atoms with Crippen molar-refractivity contribution in [1.82, 2.24) is 5.32 Å². The van der Waals surface area contributed by atoms with Crippen LogP contribution in [0.15, 0.2) is 91.0 Å². The molecule has 10 nitrogen and oxygen atoms in total. The van der Waals surface area contributed by atoms with Gasteiger partial charge in [-0.3, -0.25) is 4.79 Å². The van der Waals surface area contributed by atoms with Crippen LogP contribution in [0.1, 0.15) is 26.3 Å². The maximum absolute atomic E-state index is 13.7. The van der Waals surface area contributed by atoms with Crippen molar-refractivity contribution in [3.8, 4) is 0 Å². The van der Waals surface area contributed by atoms with Crippen molar-refractivity contribution in [2.24, 2.45) is 0 Å². The first-order valence-corrected chi connectivity index (χ1v) is 13.5. The zero-order chi connectivity index (χ0) is 29.9. The number of nitrogens with one attached hydrogen (secondary N) is 1. The summed E-state index contributed by atoms with van der Waals surface area (Å²) in [5, 5.41) is 2.75. The number of ether oxygens (including phenoxy) is 6. The van der Waals surface area contributed by atoms with Crippen LogP contribution in [0.5, 0.6) is 0 Å². The van der Waals surface area contributed by atoms with Gasteiger partial charge in [0.05, 0.1) is 12.2 Å². The van der Waals surface area contributed by atoms with Crippen molar-refractivity contribution in [2.75, 3.05) is 27.9 Å². The smallest absolute Gasteiger partial charge is 0.338 e. The van der Waals surface area contributed by atoms with Gasteiger partial charge >= 0.3 is 11.9 Å². The molecule has 1 aliphatic rings. The maximum Gasteiger partial charge on any atom is 0.338 e. The van der Waals surface area contributed by atoms with E-state index in [1.54, 1.807) is 60.7 Å². The molecule has 222 valence electrons. The predicted octanol–water partition coefficient (Wildman–Crippen LogP) is 3.20. The number of rotatable bonds is 13. The zero-order valence-electron chi connectivity index (χ0n) is 23.7. The van der Waals surface area contributed by atoms with Crippen molar-refractivity contribution in [3.63, 3.8) is 0 Å². The third-order valence-corrected chi connectivity index (χ3v) is 6.94. The van der Waals surface area contributed by atoms with E-state index in [1.165, 1.54) is 21.3 Å². The largest absolute Gasteiger partial charge is 0.459 e. The lowest BCUT2D eigenvalue weighted by atomic mass is 9.99. The second kappa shape index (κ2) is 15.2. The van der Waals surface area contributed by atoms with Crippen LogP contribution in [-0.2, 0) is 39.8 Å². The van der Waals surface area contributed by atoms with E-state index < -0.39 is 54.4 Å². The van der Waals surface area contributed by atoms with Gasteiger partial charge in [-0.1, -0.05) is 66.7 Å². The van der Waals surface area contributed by atoms with E-state index >= 15 is 0 Å². The fourth-order valence-corrected chi connectivity index (χ4v) is 4.81. The number of esters is 2. The minimum absolute atomic E-state index is 0.0416. The molecule has 1 fully saturated rings. The Hall–Kier alpha value is -4.09. The third-order valence-electron chi connectivity index (χ3n) is 6.94. The minimum Gasteiger partial charge on any atom is -0.459 e. The summed E-state index contributed by atoms with van der Waals surface area (Å²) in [6.45, 7) is 0.0899. The molecular weight excluding hydrogens is 542 g/mol. The standard InChI is InChI=1S/C32H35NO9/c1-37-20-24(38-2)26-28(39-3)29(42-31(35)23-17-11-6-12-18-23)27(41-26)25(33-30(34)22-15-9-5-10-16-22)32(36)40-19-21-13-7-4-8-14-21/h4-18,24-29H,19-20H2,1-3H3,(H,33,34)/t24-,25+,26+,27+,28-,29-/m0/s1. The van der Waals surface area contributed by atoms with Crippen molar-refractivity contribution in [3.05, 3.63) is 108 Å². The van der Waals surface area contributed by atoms with Gasteiger partial charge in [-0.2, -0.15) is 0 Å². The van der Waals surface area contributed by atoms with E-state index in [4.69, 9.17) is 28.4 Å². The van der Waals surface area contributed by atoms with Crippen LogP contribution < -0.4 is 5.32 Å². The normalized spacial score (nSPS) is 21.2. The number of hydrogen-bond donors (Lipinski definition) is 1. The number of carbonyl (C=O) groups excluding carboxylic acids is 3. The Morgan fingerprint density at radius 1 is 0.786 bits per heavy atom. The van der Waals surface area contributed by atoms with Crippen molar-refractivity contribution >= 4 is 17.8 Å². The lowest BCUT2D eigenvalue weighted by molar-refractivity contribution is -0.155. The second-order valence-electron chi connectivity index (χ2n) is 9.64. The van der Waals surface area contributed by atoms with E-state index in [0.29, 0.717) is 11.1 Å². The van der Waals surface area contributed by atoms with Crippen molar-refractivity contribution < 1.29 is 42.8 Å². The molecule has 1 aliphatic heterocycles. The molecule has 1 saturated heterocycles. The van der Waals surface area contributed by atoms with Gasteiger partial charge in [0.2, 0.25) is 0 Å². The molecule has 0 radical (unpaired) electrons. The third kappa shape index (κ3) is 7.59. The summed E-state index contributed by atoms with van der Waals surface area (Å²) < 4.78 is 34.7. The molecule has 1 N–H and O–H groups in total.